The van der Waals surface area contributed by atoms with E-state index in [0.29, 0.717) is 0 Å². The molecule has 1 aromatic heterocycles. The molecular weight excluding hydrogens is 659 g/mol. The predicted octanol–water partition coefficient (Wildman–Crippen LogP) is 11.2. The summed E-state index contributed by atoms with van der Waals surface area (Å²) < 4.78 is 7.51. The van der Waals surface area contributed by atoms with Gasteiger partial charge in [0.2, 0.25) is 0 Å². The van der Waals surface area contributed by atoms with Crippen molar-refractivity contribution in [2.75, 3.05) is 9.80 Å². The van der Waals surface area contributed by atoms with E-state index in [1.165, 1.54) is 78.3 Å². The Bertz CT molecular complexity index is 2260. The molecule has 0 saturated heterocycles. The number of furan rings is 1. The van der Waals surface area contributed by atoms with Gasteiger partial charge in [-0.25, -0.2) is 0 Å². The third-order valence-corrected chi connectivity index (χ3v) is 14.6. The molecule has 0 radical (unpaired) electrons. The van der Waals surface area contributed by atoms with Crippen LogP contribution >= 0.6 is 0 Å². The average Bonchev–Trinajstić information content (AvgIpc) is 3.48. The highest BCUT2D eigenvalue weighted by molar-refractivity contribution is 6.99. The summed E-state index contributed by atoms with van der Waals surface area (Å²) in [5, 5.41) is 1.48. The van der Waals surface area contributed by atoms with E-state index in [4.69, 9.17) is 4.42 Å². The zero-order valence-corrected chi connectivity index (χ0v) is 35.8. The summed E-state index contributed by atoms with van der Waals surface area (Å²) in [6.07, 6.45) is 2.23. The molecule has 0 amide bonds. The zero-order chi connectivity index (χ0) is 38.2. The standard InChI is InChI=1S/C48H59BN2OSi/c1-30-27-38-41-39(28-30)51(34-20-22-35(23-21-34)53(12,13)14)42-40-43(48(10,11)26-25-47(40,8)9)52-44(42)49(41)36-29-32(46(5,6)7)17-24-37(36)50(38)33-18-15-31(16-19-33)45(2,3)4/h15-24,27-29H,25-26H2,1-14H3. The van der Waals surface area contributed by atoms with E-state index in [9.17, 15) is 0 Å². The summed E-state index contributed by atoms with van der Waals surface area (Å²) in [6.45, 7) is 33.1. The normalized spacial score (nSPS) is 17.3. The second kappa shape index (κ2) is 11.5. The number of rotatable bonds is 3. The van der Waals surface area contributed by atoms with Crippen LogP contribution in [0.1, 0.15) is 110 Å². The molecule has 2 aliphatic heterocycles. The maximum absolute atomic E-state index is 7.51. The fourth-order valence-electron chi connectivity index (χ4n) is 9.15. The van der Waals surface area contributed by atoms with Crippen LogP contribution in [0.4, 0.5) is 34.1 Å². The third kappa shape index (κ3) is 5.67. The highest BCUT2D eigenvalue weighted by atomic mass is 28.3. The first kappa shape index (κ1) is 36.0. The van der Waals surface area contributed by atoms with Crippen LogP contribution in [0.15, 0.2) is 83.3 Å². The minimum atomic E-state index is -1.49. The molecule has 4 aromatic carbocycles. The summed E-state index contributed by atoms with van der Waals surface area (Å²) in [7, 11) is -1.49. The van der Waals surface area contributed by atoms with Crippen LogP contribution in [0.5, 0.6) is 0 Å². The van der Waals surface area contributed by atoms with Crippen molar-refractivity contribution in [2.45, 2.75) is 130 Å². The molecule has 274 valence electrons. The number of aryl methyl sites for hydroxylation is 1. The Balaban J connectivity index is 1.49. The lowest BCUT2D eigenvalue weighted by atomic mass is 9.35. The van der Waals surface area contributed by atoms with Crippen molar-refractivity contribution in [1.29, 1.82) is 0 Å². The highest BCUT2D eigenvalue weighted by Crippen LogP contribution is 2.54. The number of benzene rings is 4. The smallest absolute Gasteiger partial charge is 0.297 e. The molecule has 3 aliphatic rings. The lowest BCUT2D eigenvalue weighted by molar-refractivity contribution is 0.282. The van der Waals surface area contributed by atoms with Gasteiger partial charge >= 0.3 is 0 Å². The zero-order valence-electron chi connectivity index (χ0n) is 34.8. The number of hydrogen-bond donors (Lipinski definition) is 0. The Morgan fingerprint density at radius 1 is 0.642 bits per heavy atom. The van der Waals surface area contributed by atoms with Crippen LogP contribution in [0.25, 0.3) is 0 Å². The van der Waals surface area contributed by atoms with Gasteiger partial charge in [0.25, 0.3) is 6.71 Å². The van der Waals surface area contributed by atoms with Gasteiger partial charge in [0, 0.05) is 39.4 Å². The predicted molar refractivity (Wildman–Crippen MR) is 233 cm³/mol. The molecule has 0 atom stereocenters. The fourth-order valence-corrected chi connectivity index (χ4v) is 10.3. The molecule has 5 heteroatoms. The van der Waals surface area contributed by atoms with Gasteiger partial charge in [-0.15, -0.1) is 0 Å². The first-order valence-electron chi connectivity index (χ1n) is 19.9. The van der Waals surface area contributed by atoms with E-state index in [1.807, 2.05) is 0 Å². The lowest BCUT2D eigenvalue weighted by Crippen LogP contribution is -2.61. The van der Waals surface area contributed by atoms with Gasteiger partial charge < -0.3 is 14.2 Å². The number of anilines is 6. The molecule has 1 aliphatic carbocycles. The van der Waals surface area contributed by atoms with Crippen molar-refractivity contribution >= 4 is 70.7 Å². The molecule has 5 aromatic rings. The van der Waals surface area contributed by atoms with Gasteiger partial charge in [-0.3, -0.25) is 0 Å². The SMILES string of the molecule is Cc1cc2c3c(c1)N(c1ccc([Si](C)(C)C)cc1)c1c(oc4c1C(C)(C)CCC4(C)C)B3c1cc(C(C)(C)C)ccc1N2c1ccc(C(C)(C)C)cc1. The number of nitrogens with zero attached hydrogens (tertiary/aromatic N) is 2. The monoisotopic (exact) mass is 718 g/mol. The molecule has 53 heavy (non-hydrogen) atoms. The third-order valence-electron chi connectivity index (χ3n) is 12.5. The molecule has 3 nitrogen and oxygen atoms in total. The average molecular weight is 719 g/mol. The van der Waals surface area contributed by atoms with Crippen LogP contribution in [-0.2, 0) is 21.7 Å². The first-order chi connectivity index (χ1) is 24.6. The van der Waals surface area contributed by atoms with E-state index < -0.39 is 8.07 Å². The summed E-state index contributed by atoms with van der Waals surface area (Å²) in [5.74, 6) is 1.17. The summed E-state index contributed by atoms with van der Waals surface area (Å²) in [6, 6.07) is 30.9. The number of hydrogen-bond acceptors (Lipinski definition) is 3. The Morgan fingerprint density at radius 2 is 1.17 bits per heavy atom. The van der Waals surface area contributed by atoms with Gasteiger partial charge in [-0.05, 0) is 106 Å². The van der Waals surface area contributed by atoms with Gasteiger partial charge in [0.1, 0.15) is 5.76 Å². The molecule has 3 heterocycles. The van der Waals surface area contributed by atoms with Crippen molar-refractivity contribution in [1.82, 2.24) is 0 Å². The quantitative estimate of drug-likeness (QED) is 0.170. The fraction of sp³-hybridized carbons (Fsp3) is 0.417. The molecule has 0 bridgehead atoms. The van der Waals surface area contributed by atoms with Crippen molar-refractivity contribution in [3.63, 3.8) is 0 Å². The van der Waals surface area contributed by atoms with Crippen LogP contribution in [0, 0.1) is 6.92 Å². The molecule has 0 saturated carbocycles. The van der Waals surface area contributed by atoms with Crippen LogP contribution in [-0.4, -0.2) is 14.8 Å². The van der Waals surface area contributed by atoms with E-state index >= 15 is 0 Å². The first-order valence-corrected chi connectivity index (χ1v) is 23.4. The minimum Gasteiger partial charge on any atom is -0.472 e. The van der Waals surface area contributed by atoms with E-state index in [1.54, 1.807) is 0 Å². The Labute approximate surface area is 320 Å². The van der Waals surface area contributed by atoms with Gasteiger partial charge in [-0.1, -0.05) is 130 Å². The lowest BCUT2D eigenvalue weighted by Gasteiger charge is -2.44. The second-order valence-corrected chi connectivity index (χ2v) is 25.8. The van der Waals surface area contributed by atoms with Gasteiger partial charge in [0.15, 0.2) is 0 Å². The number of fused-ring (bicyclic) bond motifs is 6. The molecule has 8 rings (SSSR count). The van der Waals surface area contributed by atoms with Crippen molar-refractivity contribution < 1.29 is 4.42 Å². The van der Waals surface area contributed by atoms with Crippen molar-refractivity contribution in [3.05, 3.63) is 107 Å². The van der Waals surface area contributed by atoms with E-state index in [-0.39, 0.29) is 28.4 Å². The molecule has 0 unspecified atom stereocenters. The summed E-state index contributed by atoms with van der Waals surface area (Å²) in [4.78, 5) is 5.13. The van der Waals surface area contributed by atoms with Crippen molar-refractivity contribution in [3.8, 4) is 0 Å². The van der Waals surface area contributed by atoms with Crippen LogP contribution < -0.4 is 31.6 Å². The maximum Gasteiger partial charge on any atom is 0.297 e. The van der Waals surface area contributed by atoms with Gasteiger partial charge in [-0.2, -0.15) is 0 Å². The molecule has 0 spiro atoms. The maximum atomic E-state index is 7.51. The van der Waals surface area contributed by atoms with Gasteiger partial charge in [0.05, 0.1) is 19.4 Å². The topological polar surface area (TPSA) is 19.6 Å². The molecule has 0 fully saturated rings. The Hall–Kier alpha value is -3.96. The second-order valence-electron chi connectivity index (χ2n) is 20.7. The summed E-state index contributed by atoms with van der Waals surface area (Å²) in [5.41, 5.74) is 16.5. The Kier molecular flexibility index (Phi) is 7.84. The summed E-state index contributed by atoms with van der Waals surface area (Å²) >= 11 is 0. The molecular formula is C48H59BN2OSi. The molecule has 0 N–H and O–H groups in total. The van der Waals surface area contributed by atoms with E-state index in [0.717, 1.165) is 18.5 Å². The Morgan fingerprint density at radius 3 is 1.75 bits per heavy atom. The highest BCUT2D eigenvalue weighted by Gasteiger charge is 2.52. The van der Waals surface area contributed by atoms with Crippen LogP contribution in [0.3, 0.4) is 0 Å². The van der Waals surface area contributed by atoms with Crippen molar-refractivity contribution in [2.24, 2.45) is 0 Å². The minimum absolute atomic E-state index is 0.00136. The largest absolute Gasteiger partial charge is 0.472 e. The van der Waals surface area contributed by atoms with E-state index in [2.05, 4.69) is 184 Å². The van der Waals surface area contributed by atoms with Crippen LogP contribution in [0.2, 0.25) is 19.6 Å².